The molecule has 1 heterocycles. The molecule has 0 unspecified atom stereocenters. The molecule has 2 heteroatoms. The first-order chi connectivity index (χ1) is 5.81. The van der Waals surface area contributed by atoms with E-state index in [0.29, 0.717) is 5.41 Å². The predicted octanol–water partition coefficient (Wildman–Crippen LogP) is 2.63. The largest absolute Gasteiger partial charge is 0.272 e. The van der Waals surface area contributed by atoms with Crippen LogP contribution in [-0.2, 0) is 13.5 Å². The molecule has 0 aliphatic heterocycles. The van der Waals surface area contributed by atoms with Crippen LogP contribution >= 0.6 is 0 Å². The molecule has 1 rings (SSSR count). The summed E-state index contributed by atoms with van der Waals surface area (Å²) < 4.78 is 1.97. The smallest absolute Gasteiger partial charge is 0.0628 e. The minimum atomic E-state index is 0.346. The first-order valence-corrected chi connectivity index (χ1v) is 4.80. The van der Waals surface area contributed by atoms with Gasteiger partial charge < -0.3 is 0 Å². The number of rotatable bonds is 1. The van der Waals surface area contributed by atoms with Crippen LogP contribution in [0.4, 0.5) is 0 Å². The van der Waals surface area contributed by atoms with Crippen molar-refractivity contribution in [2.45, 2.75) is 41.0 Å². The Hall–Kier alpha value is -0.790. The average molecular weight is 180 g/mol. The number of aryl methyl sites for hydroxylation is 2. The Balaban J connectivity index is 3.01. The molecule has 0 bridgehead atoms. The maximum Gasteiger partial charge on any atom is 0.0628 e. The molecule has 1 aromatic heterocycles. The predicted molar refractivity (Wildman–Crippen MR) is 55.8 cm³/mol. The van der Waals surface area contributed by atoms with Gasteiger partial charge in [0.1, 0.15) is 0 Å². The molecule has 0 spiro atoms. The highest BCUT2D eigenvalue weighted by atomic mass is 15.3. The number of hydrogen-bond acceptors (Lipinski definition) is 1. The van der Waals surface area contributed by atoms with Crippen molar-refractivity contribution < 1.29 is 0 Å². The van der Waals surface area contributed by atoms with Gasteiger partial charge in [0.25, 0.3) is 0 Å². The molecule has 0 N–H and O–H groups in total. The Morgan fingerprint density at radius 2 is 1.77 bits per heavy atom. The van der Waals surface area contributed by atoms with E-state index in [0.717, 1.165) is 6.42 Å². The van der Waals surface area contributed by atoms with Crippen LogP contribution in [0.15, 0.2) is 0 Å². The Morgan fingerprint density at radius 1 is 1.23 bits per heavy atom. The van der Waals surface area contributed by atoms with Crippen LogP contribution in [0.2, 0.25) is 0 Å². The van der Waals surface area contributed by atoms with Gasteiger partial charge in [-0.3, -0.25) is 4.68 Å². The lowest BCUT2D eigenvalue weighted by atomic mass is 9.87. The van der Waals surface area contributed by atoms with Gasteiger partial charge in [0.05, 0.1) is 5.69 Å². The summed E-state index contributed by atoms with van der Waals surface area (Å²) >= 11 is 0. The molecule has 0 aromatic carbocycles. The number of aromatic nitrogens is 2. The summed E-state index contributed by atoms with van der Waals surface area (Å²) in [4.78, 5) is 0. The quantitative estimate of drug-likeness (QED) is 0.649. The van der Waals surface area contributed by atoms with Gasteiger partial charge in [0.2, 0.25) is 0 Å². The second-order valence-corrected chi connectivity index (χ2v) is 5.01. The molecule has 0 aliphatic rings. The fourth-order valence-corrected chi connectivity index (χ4v) is 1.60. The third-order valence-corrected chi connectivity index (χ3v) is 2.37. The highest BCUT2D eigenvalue weighted by Gasteiger charge is 2.17. The minimum Gasteiger partial charge on any atom is -0.272 e. The van der Waals surface area contributed by atoms with Crippen LogP contribution in [-0.4, -0.2) is 9.78 Å². The first-order valence-electron chi connectivity index (χ1n) is 4.80. The highest BCUT2D eigenvalue weighted by molar-refractivity contribution is 5.25. The highest BCUT2D eigenvalue weighted by Crippen LogP contribution is 2.24. The van der Waals surface area contributed by atoms with E-state index in [4.69, 9.17) is 0 Å². The van der Waals surface area contributed by atoms with Crippen molar-refractivity contribution in [3.8, 4) is 0 Å². The standard InChI is InChI=1S/C11H20N2/c1-8-10(7-11(3,4)5)9(2)13(6)12-8/h7H2,1-6H3. The Morgan fingerprint density at radius 3 is 2.08 bits per heavy atom. The maximum atomic E-state index is 4.41. The summed E-state index contributed by atoms with van der Waals surface area (Å²) in [6.07, 6.45) is 1.11. The van der Waals surface area contributed by atoms with Crippen LogP contribution in [0.25, 0.3) is 0 Å². The Kier molecular flexibility index (Phi) is 2.51. The third kappa shape index (κ3) is 2.33. The zero-order chi connectivity index (χ0) is 10.2. The lowest BCUT2D eigenvalue weighted by Crippen LogP contribution is -2.10. The van der Waals surface area contributed by atoms with E-state index < -0.39 is 0 Å². The molecule has 0 saturated carbocycles. The molecule has 2 nitrogen and oxygen atoms in total. The summed E-state index contributed by atoms with van der Waals surface area (Å²) in [5, 5.41) is 4.41. The summed E-state index contributed by atoms with van der Waals surface area (Å²) in [5.41, 5.74) is 4.23. The van der Waals surface area contributed by atoms with E-state index in [1.165, 1.54) is 17.0 Å². The first kappa shape index (κ1) is 10.3. The lowest BCUT2D eigenvalue weighted by molar-refractivity contribution is 0.409. The molecule has 1 aromatic rings. The van der Waals surface area contributed by atoms with Crippen molar-refractivity contribution >= 4 is 0 Å². The van der Waals surface area contributed by atoms with Crippen molar-refractivity contribution in [3.05, 3.63) is 17.0 Å². The van der Waals surface area contributed by atoms with Gasteiger partial charge in [-0.05, 0) is 31.2 Å². The van der Waals surface area contributed by atoms with E-state index in [-0.39, 0.29) is 0 Å². The third-order valence-electron chi connectivity index (χ3n) is 2.37. The van der Waals surface area contributed by atoms with Gasteiger partial charge in [-0.25, -0.2) is 0 Å². The van der Waals surface area contributed by atoms with Crippen LogP contribution < -0.4 is 0 Å². The van der Waals surface area contributed by atoms with E-state index in [2.05, 4.69) is 39.7 Å². The molecule has 0 aliphatic carbocycles. The van der Waals surface area contributed by atoms with Crippen molar-refractivity contribution in [1.29, 1.82) is 0 Å². The number of hydrogen-bond donors (Lipinski definition) is 0. The second kappa shape index (κ2) is 3.17. The summed E-state index contributed by atoms with van der Waals surface area (Å²) in [6.45, 7) is 11.0. The molecular formula is C11H20N2. The molecule has 74 valence electrons. The Labute approximate surface area is 81.0 Å². The lowest BCUT2D eigenvalue weighted by Gasteiger charge is -2.18. The van der Waals surface area contributed by atoms with Crippen LogP contribution in [0.3, 0.4) is 0 Å². The van der Waals surface area contributed by atoms with E-state index in [9.17, 15) is 0 Å². The van der Waals surface area contributed by atoms with Crippen LogP contribution in [0.1, 0.15) is 37.7 Å². The van der Waals surface area contributed by atoms with Crippen LogP contribution in [0.5, 0.6) is 0 Å². The fraction of sp³-hybridized carbons (Fsp3) is 0.727. The summed E-state index contributed by atoms with van der Waals surface area (Å²) in [5.74, 6) is 0. The minimum absolute atomic E-state index is 0.346. The zero-order valence-electron chi connectivity index (χ0n) is 9.60. The normalized spacial score (nSPS) is 12.2. The molecule has 0 radical (unpaired) electrons. The van der Waals surface area contributed by atoms with Gasteiger partial charge in [0.15, 0.2) is 0 Å². The second-order valence-electron chi connectivity index (χ2n) is 5.01. The molecule has 0 saturated heterocycles. The van der Waals surface area contributed by atoms with E-state index in [1.807, 2.05) is 11.7 Å². The monoisotopic (exact) mass is 180 g/mol. The number of nitrogens with zero attached hydrogens (tertiary/aromatic N) is 2. The molecule has 0 fully saturated rings. The average Bonchev–Trinajstić information content (AvgIpc) is 2.14. The van der Waals surface area contributed by atoms with E-state index in [1.54, 1.807) is 0 Å². The van der Waals surface area contributed by atoms with Gasteiger partial charge >= 0.3 is 0 Å². The van der Waals surface area contributed by atoms with Gasteiger partial charge in [-0.15, -0.1) is 0 Å². The van der Waals surface area contributed by atoms with Gasteiger partial charge in [-0.1, -0.05) is 20.8 Å². The fourth-order valence-electron chi connectivity index (χ4n) is 1.60. The summed E-state index contributed by atoms with van der Waals surface area (Å²) in [6, 6.07) is 0. The van der Waals surface area contributed by atoms with Crippen molar-refractivity contribution in [1.82, 2.24) is 9.78 Å². The molecule has 13 heavy (non-hydrogen) atoms. The van der Waals surface area contributed by atoms with Crippen molar-refractivity contribution in [3.63, 3.8) is 0 Å². The van der Waals surface area contributed by atoms with Gasteiger partial charge in [-0.2, -0.15) is 5.10 Å². The maximum absolute atomic E-state index is 4.41. The summed E-state index contributed by atoms with van der Waals surface area (Å²) in [7, 11) is 2.01. The SMILES string of the molecule is Cc1nn(C)c(C)c1CC(C)(C)C. The molecule has 0 amide bonds. The Bertz CT molecular complexity index is 303. The molecular weight excluding hydrogens is 160 g/mol. The molecule has 0 atom stereocenters. The van der Waals surface area contributed by atoms with Gasteiger partial charge in [0, 0.05) is 12.7 Å². The topological polar surface area (TPSA) is 17.8 Å². The van der Waals surface area contributed by atoms with E-state index >= 15 is 0 Å². The zero-order valence-corrected chi connectivity index (χ0v) is 9.60. The van der Waals surface area contributed by atoms with Crippen LogP contribution in [0, 0.1) is 19.3 Å². The van der Waals surface area contributed by atoms with Crippen molar-refractivity contribution in [2.75, 3.05) is 0 Å². The van der Waals surface area contributed by atoms with Crippen molar-refractivity contribution in [2.24, 2.45) is 12.5 Å².